The van der Waals surface area contributed by atoms with Crippen LogP contribution >= 0.6 is 11.5 Å². The molecule has 0 bridgehead atoms. The minimum Gasteiger partial charge on any atom is -0.363 e. The largest absolute Gasteiger partial charge is 0.363 e. The number of aromatic nitrogens is 2. The van der Waals surface area contributed by atoms with E-state index in [0.717, 1.165) is 0 Å². The second-order valence-corrected chi connectivity index (χ2v) is 1.97. The number of anilines is 1. The van der Waals surface area contributed by atoms with Gasteiger partial charge in [0.25, 0.3) is 0 Å². The molecule has 0 unspecified atom stereocenters. The summed E-state index contributed by atoms with van der Waals surface area (Å²) in [5, 5.41) is 3.34. The average molecular weight is 161 g/mol. The minimum absolute atomic E-state index is 0.292. The van der Waals surface area contributed by atoms with E-state index in [4.69, 9.17) is 0 Å². The van der Waals surface area contributed by atoms with Crippen LogP contribution in [0.4, 0.5) is 5.13 Å². The Morgan fingerprint density at radius 2 is 2.20 bits per heavy atom. The standard InChI is InChI=1S/C3H5N3OS.C2H6/c1-4-3-5-2(7)6-8-3;1-2/h1H3,(H2,4,5,6,7);1-2H3. The minimum atomic E-state index is -0.292. The van der Waals surface area contributed by atoms with Crippen LogP contribution in [0, 0.1) is 0 Å². The fraction of sp³-hybridized carbons (Fsp3) is 0.600. The maximum absolute atomic E-state index is 10.3. The molecule has 0 saturated carbocycles. The van der Waals surface area contributed by atoms with Gasteiger partial charge in [0.15, 0.2) is 0 Å². The first-order chi connectivity index (χ1) is 4.83. The molecule has 4 nitrogen and oxygen atoms in total. The van der Waals surface area contributed by atoms with E-state index in [1.807, 2.05) is 13.8 Å². The Morgan fingerprint density at radius 3 is 2.40 bits per heavy atom. The molecule has 1 rings (SSSR count). The fourth-order valence-electron chi connectivity index (χ4n) is 0.337. The number of nitrogens with zero attached hydrogens (tertiary/aromatic N) is 1. The van der Waals surface area contributed by atoms with Crippen LogP contribution in [0.1, 0.15) is 13.8 Å². The molecule has 1 heterocycles. The summed E-state index contributed by atoms with van der Waals surface area (Å²) in [7, 11) is 1.71. The van der Waals surface area contributed by atoms with Gasteiger partial charge in [-0.1, -0.05) is 13.8 Å². The lowest BCUT2D eigenvalue weighted by Crippen LogP contribution is -2.00. The van der Waals surface area contributed by atoms with Gasteiger partial charge in [0, 0.05) is 7.05 Å². The van der Waals surface area contributed by atoms with Gasteiger partial charge in [-0.05, 0) is 11.5 Å². The van der Waals surface area contributed by atoms with Gasteiger partial charge < -0.3 is 5.32 Å². The summed E-state index contributed by atoms with van der Waals surface area (Å²) in [6.07, 6.45) is 0. The highest BCUT2D eigenvalue weighted by molar-refractivity contribution is 7.09. The van der Waals surface area contributed by atoms with Crippen molar-refractivity contribution < 1.29 is 0 Å². The van der Waals surface area contributed by atoms with Crippen molar-refractivity contribution in [3.05, 3.63) is 10.5 Å². The van der Waals surface area contributed by atoms with Gasteiger partial charge in [-0.3, -0.25) is 4.37 Å². The Kier molecular flexibility index (Phi) is 4.57. The zero-order chi connectivity index (χ0) is 7.98. The molecule has 10 heavy (non-hydrogen) atoms. The highest BCUT2D eigenvalue weighted by Gasteiger charge is 1.90. The van der Waals surface area contributed by atoms with Gasteiger partial charge in [0.2, 0.25) is 5.13 Å². The molecule has 0 aliphatic heterocycles. The number of hydrogen-bond acceptors (Lipinski definition) is 4. The Morgan fingerprint density at radius 1 is 1.60 bits per heavy atom. The van der Waals surface area contributed by atoms with Crippen LogP contribution in [0.5, 0.6) is 0 Å². The van der Waals surface area contributed by atoms with Crippen LogP contribution in [0.3, 0.4) is 0 Å². The van der Waals surface area contributed by atoms with Crippen molar-refractivity contribution in [3.63, 3.8) is 0 Å². The van der Waals surface area contributed by atoms with Gasteiger partial charge in [0.1, 0.15) is 0 Å². The van der Waals surface area contributed by atoms with E-state index in [2.05, 4.69) is 14.7 Å². The number of H-pyrrole nitrogens is 1. The van der Waals surface area contributed by atoms with Crippen molar-refractivity contribution in [3.8, 4) is 0 Å². The summed E-state index contributed by atoms with van der Waals surface area (Å²) in [6, 6.07) is 0. The summed E-state index contributed by atoms with van der Waals surface area (Å²) in [6.45, 7) is 4.00. The fourth-order valence-corrected chi connectivity index (χ4v) is 0.797. The predicted octanol–water partition coefficient (Wildman–Crippen LogP) is 0.899. The maximum Gasteiger partial charge on any atom is 0.357 e. The van der Waals surface area contributed by atoms with Crippen molar-refractivity contribution in [2.24, 2.45) is 0 Å². The number of nitrogens with one attached hydrogen (secondary N) is 2. The summed E-state index contributed by atoms with van der Waals surface area (Å²) in [4.78, 5) is 13.8. The van der Waals surface area contributed by atoms with Gasteiger partial charge in [-0.2, -0.15) is 4.98 Å². The topological polar surface area (TPSA) is 57.8 Å². The number of hydrogen-bond donors (Lipinski definition) is 2. The molecule has 0 radical (unpaired) electrons. The first-order valence-corrected chi connectivity index (χ1v) is 3.88. The first kappa shape index (κ1) is 9.16. The third-order valence-electron chi connectivity index (χ3n) is 0.652. The van der Waals surface area contributed by atoms with Crippen LogP contribution in [-0.4, -0.2) is 16.4 Å². The first-order valence-electron chi connectivity index (χ1n) is 3.06. The van der Waals surface area contributed by atoms with E-state index in [1.54, 1.807) is 7.05 Å². The van der Waals surface area contributed by atoms with E-state index < -0.39 is 0 Å². The molecule has 1 aromatic rings. The highest BCUT2D eigenvalue weighted by Crippen LogP contribution is 1.99. The van der Waals surface area contributed by atoms with Crippen LogP contribution in [0.2, 0.25) is 0 Å². The molecule has 0 aromatic carbocycles. The van der Waals surface area contributed by atoms with E-state index in [1.165, 1.54) is 11.5 Å². The molecule has 0 spiro atoms. The monoisotopic (exact) mass is 161 g/mol. The molecule has 0 aliphatic carbocycles. The molecule has 2 N–H and O–H groups in total. The van der Waals surface area contributed by atoms with Crippen LogP contribution < -0.4 is 11.0 Å². The lowest BCUT2D eigenvalue weighted by atomic mass is 11.0. The van der Waals surface area contributed by atoms with Crippen molar-refractivity contribution in [2.45, 2.75) is 13.8 Å². The van der Waals surface area contributed by atoms with Gasteiger partial charge in [0.05, 0.1) is 0 Å². The third-order valence-corrected chi connectivity index (χ3v) is 1.42. The van der Waals surface area contributed by atoms with Crippen molar-refractivity contribution >= 4 is 16.7 Å². The maximum atomic E-state index is 10.3. The van der Waals surface area contributed by atoms with E-state index >= 15 is 0 Å². The molecule has 5 heteroatoms. The summed E-state index contributed by atoms with van der Waals surface area (Å²) < 4.78 is 2.43. The Hall–Kier alpha value is -0.840. The number of rotatable bonds is 1. The van der Waals surface area contributed by atoms with Gasteiger partial charge in [-0.15, -0.1) is 0 Å². The molecular formula is C5H11N3OS. The average Bonchev–Trinajstić information content (AvgIpc) is 2.40. The summed E-state index contributed by atoms with van der Waals surface area (Å²) in [5.41, 5.74) is -0.292. The second kappa shape index (κ2) is 4.99. The highest BCUT2D eigenvalue weighted by atomic mass is 32.1. The van der Waals surface area contributed by atoms with Gasteiger partial charge >= 0.3 is 5.69 Å². The van der Waals surface area contributed by atoms with E-state index in [-0.39, 0.29) is 5.69 Å². The lowest BCUT2D eigenvalue weighted by Gasteiger charge is -1.82. The Labute approximate surface area is 63.5 Å². The Bertz CT molecular complexity index is 217. The Balaban J connectivity index is 0.000000371. The third kappa shape index (κ3) is 2.63. The number of aromatic amines is 1. The van der Waals surface area contributed by atoms with Gasteiger partial charge in [-0.25, -0.2) is 4.79 Å². The molecule has 0 fully saturated rings. The zero-order valence-electron chi connectivity index (χ0n) is 6.26. The second-order valence-electron chi connectivity index (χ2n) is 1.18. The smallest absolute Gasteiger partial charge is 0.357 e. The summed E-state index contributed by atoms with van der Waals surface area (Å²) in [5.74, 6) is 0. The van der Waals surface area contributed by atoms with E-state index in [0.29, 0.717) is 5.13 Å². The van der Waals surface area contributed by atoms with Crippen LogP contribution in [-0.2, 0) is 0 Å². The molecular weight excluding hydrogens is 150 g/mol. The molecule has 0 atom stereocenters. The van der Waals surface area contributed by atoms with Crippen molar-refractivity contribution in [2.75, 3.05) is 12.4 Å². The molecule has 0 saturated heterocycles. The summed E-state index contributed by atoms with van der Waals surface area (Å²) >= 11 is 1.19. The molecule has 0 amide bonds. The van der Waals surface area contributed by atoms with Crippen molar-refractivity contribution in [1.29, 1.82) is 0 Å². The molecule has 58 valence electrons. The quantitative estimate of drug-likeness (QED) is 0.643. The van der Waals surface area contributed by atoms with Crippen molar-refractivity contribution in [1.82, 2.24) is 9.36 Å². The predicted molar refractivity (Wildman–Crippen MR) is 43.6 cm³/mol. The lowest BCUT2D eigenvalue weighted by molar-refractivity contribution is 1.20. The molecule has 1 aromatic heterocycles. The normalized spacial score (nSPS) is 7.90. The van der Waals surface area contributed by atoms with E-state index in [9.17, 15) is 4.79 Å². The zero-order valence-corrected chi connectivity index (χ0v) is 7.08. The van der Waals surface area contributed by atoms with Crippen LogP contribution in [0.25, 0.3) is 0 Å². The SMILES string of the molecule is CC.CNc1nc(=O)[nH]s1. The molecule has 0 aliphatic rings. The van der Waals surface area contributed by atoms with Crippen LogP contribution in [0.15, 0.2) is 4.79 Å².